The van der Waals surface area contributed by atoms with Crippen LogP contribution in [0.4, 0.5) is 29.1 Å². The van der Waals surface area contributed by atoms with E-state index in [2.05, 4.69) is 20.6 Å². The fraction of sp³-hybridized carbons (Fsp3) is 0.163. The molecule has 8 rings (SSSR count). The lowest BCUT2D eigenvalue weighted by molar-refractivity contribution is 0.101. The zero-order chi connectivity index (χ0) is 39.3. The lowest BCUT2D eigenvalue weighted by Gasteiger charge is -2.24. The topological polar surface area (TPSA) is 102 Å². The lowest BCUT2D eigenvalue weighted by Crippen LogP contribution is -2.28. The Kier molecular flexibility index (Phi) is 9.45. The number of aryl methyl sites for hydroxylation is 1. The number of benzene rings is 4. The van der Waals surface area contributed by atoms with E-state index >= 15 is 8.78 Å². The van der Waals surface area contributed by atoms with Crippen LogP contribution in [-0.4, -0.2) is 35.0 Å². The molecule has 4 heterocycles. The zero-order valence-electron chi connectivity index (χ0n) is 29.9. The van der Waals surface area contributed by atoms with Gasteiger partial charge in [-0.05, 0) is 102 Å². The first-order valence-corrected chi connectivity index (χ1v) is 18.0. The minimum atomic E-state index is -1.02. The minimum absolute atomic E-state index is 0.0756. The van der Waals surface area contributed by atoms with Crippen LogP contribution >= 0.6 is 11.6 Å². The van der Waals surface area contributed by atoms with Crippen LogP contribution in [0.3, 0.4) is 0 Å². The van der Waals surface area contributed by atoms with Crippen LogP contribution in [0.15, 0.2) is 91.3 Å². The average molecular weight is 779 g/mol. The summed E-state index contributed by atoms with van der Waals surface area (Å²) in [4.78, 5) is 34.6. The predicted molar refractivity (Wildman–Crippen MR) is 203 cm³/mol. The number of anilines is 2. The summed E-state index contributed by atoms with van der Waals surface area (Å²) in [5.41, 5.74) is 3.39. The number of ether oxygens (including phenoxy) is 2. The first kappa shape index (κ1) is 36.7. The second-order valence-electron chi connectivity index (χ2n) is 14.0. The summed E-state index contributed by atoms with van der Waals surface area (Å²) in [5.74, 6) is -4.52. The first-order chi connectivity index (χ1) is 26.9. The number of amides is 2. The highest BCUT2D eigenvalue weighted by atomic mass is 35.5. The van der Waals surface area contributed by atoms with Crippen molar-refractivity contribution >= 4 is 34.9 Å². The summed E-state index contributed by atoms with van der Waals surface area (Å²) in [6, 6.07) is 19.4. The Morgan fingerprint density at radius 2 is 1.57 bits per heavy atom. The number of pyridine rings is 2. The predicted octanol–water partition coefficient (Wildman–Crippen LogP) is 9.66. The molecular formula is C43H31ClF4N4O4. The standard InChI is InChI=1S/C43H31ClF4N4O4/c1-22-14-36-29(16-27(22)25-7-11-37(50-19-25)52-41(53)38-31(45)4-3-5-32(38)46)43(2,21-56-36)18-24-6-9-33(47)39(40(24)48)42(54)51-26-8-10-34(49-20-26)28-17-35-23(12-13-55-35)15-30(28)44/h3-11,14-17,19-20H,12-13,18,21H2,1-2H3,(H,51,54)(H,50,52,53). The summed E-state index contributed by atoms with van der Waals surface area (Å²) in [7, 11) is 0. The lowest BCUT2D eigenvalue weighted by atomic mass is 9.77. The van der Waals surface area contributed by atoms with Gasteiger partial charge >= 0.3 is 0 Å². The number of fused-ring (bicyclic) bond motifs is 2. The molecule has 282 valence electrons. The molecule has 2 aliphatic heterocycles. The number of halogens is 5. The van der Waals surface area contributed by atoms with E-state index in [1.165, 1.54) is 30.6 Å². The van der Waals surface area contributed by atoms with Crippen molar-refractivity contribution in [2.24, 2.45) is 0 Å². The van der Waals surface area contributed by atoms with E-state index < -0.39 is 51.6 Å². The van der Waals surface area contributed by atoms with E-state index in [-0.39, 0.29) is 30.1 Å². The first-order valence-electron chi connectivity index (χ1n) is 17.6. The highest BCUT2D eigenvalue weighted by Gasteiger charge is 2.38. The van der Waals surface area contributed by atoms with E-state index in [9.17, 15) is 18.4 Å². The van der Waals surface area contributed by atoms with Crippen LogP contribution in [0.1, 0.15) is 49.9 Å². The maximum atomic E-state index is 16.2. The van der Waals surface area contributed by atoms with Gasteiger partial charge in [0.25, 0.3) is 11.8 Å². The molecule has 1 unspecified atom stereocenters. The van der Waals surface area contributed by atoms with Crippen LogP contribution in [0.25, 0.3) is 22.4 Å². The average Bonchev–Trinajstić information content (AvgIpc) is 3.75. The van der Waals surface area contributed by atoms with Crippen LogP contribution in [0.2, 0.25) is 5.02 Å². The SMILES string of the molecule is Cc1cc2c(cc1-c1ccc(NC(=O)c3c(F)cccc3F)nc1)C(C)(Cc1ccc(F)c(C(=O)Nc3ccc(-c4cc5c(cc4Cl)CCO5)nc3)c1F)CO2. The van der Waals surface area contributed by atoms with Gasteiger partial charge < -0.3 is 20.1 Å². The number of rotatable bonds is 8. The van der Waals surface area contributed by atoms with Crippen molar-refractivity contribution in [2.45, 2.75) is 32.1 Å². The van der Waals surface area contributed by atoms with Crippen LogP contribution in [0, 0.1) is 30.2 Å². The molecule has 13 heteroatoms. The number of hydrogen-bond acceptors (Lipinski definition) is 6. The molecule has 0 bridgehead atoms. The largest absolute Gasteiger partial charge is 0.493 e. The summed E-state index contributed by atoms with van der Waals surface area (Å²) < 4.78 is 71.2. The molecule has 2 N–H and O–H groups in total. The second-order valence-corrected chi connectivity index (χ2v) is 14.4. The van der Waals surface area contributed by atoms with Crippen molar-refractivity contribution < 1.29 is 36.6 Å². The molecule has 2 aromatic heterocycles. The van der Waals surface area contributed by atoms with Gasteiger partial charge in [-0.3, -0.25) is 14.6 Å². The molecule has 0 saturated heterocycles. The Labute approximate surface area is 323 Å². The van der Waals surface area contributed by atoms with Crippen molar-refractivity contribution in [3.8, 4) is 33.9 Å². The monoisotopic (exact) mass is 778 g/mol. The van der Waals surface area contributed by atoms with Gasteiger partial charge in [-0.15, -0.1) is 0 Å². The van der Waals surface area contributed by atoms with Crippen molar-refractivity contribution in [3.63, 3.8) is 0 Å². The zero-order valence-corrected chi connectivity index (χ0v) is 30.7. The molecule has 2 aliphatic rings. The van der Waals surface area contributed by atoms with Gasteiger partial charge in [0.05, 0.1) is 35.8 Å². The number of aromatic nitrogens is 2. The van der Waals surface area contributed by atoms with E-state index in [1.807, 2.05) is 38.1 Å². The van der Waals surface area contributed by atoms with Crippen molar-refractivity contribution in [3.05, 3.63) is 153 Å². The molecule has 1 atom stereocenters. The van der Waals surface area contributed by atoms with Gasteiger partial charge in [0.2, 0.25) is 0 Å². The molecule has 0 spiro atoms. The molecule has 0 fully saturated rings. The highest BCUT2D eigenvalue weighted by Crippen LogP contribution is 2.45. The molecule has 0 radical (unpaired) electrons. The van der Waals surface area contributed by atoms with Gasteiger partial charge in [0, 0.05) is 34.7 Å². The Morgan fingerprint density at radius 1 is 0.804 bits per heavy atom. The molecule has 0 aliphatic carbocycles. The van der Waals surface area contributed by atoms with E-state index in [0.29, 0.717) is 34.2 Å². The third-order valence-electron chi connectivity index (χ3n) is 10.1. The third kappa shape index (κ3) is 6.81. The minimum Gasteiger partial charge on any atom is -0.493 e. The van der Waals surface area contributed by atoms with Gasteiger partial charge in [0.15, 0.2) is 0 Å². The molecule has 56 heavy (non-hydrogen) atoms. The molecule has 0 saturated carbocycles. The molecule has 4 aromatic carbocycles. The molecule has 6 aromatic rings. The Hall–Kier alpha value is -6.27. The van der Waals surface area contributed by atoms with Crippen molar-refractivity contribution in [2.75, 3.05) is 23.8 Å². The van der Waals surface area contributed by atoms with E-state index in [0.717, 1.165) is 52.6 Å². The maximum absolute atomic E-state index is 16.2. The maximum Gasteiger partial charge on any atom is 0.262 e. The van der Waals surface area contributed by atoms with Crippen LogP contribution < -0.4 is 20.1 Å². The van der Waals surface area contributed by atoms with Crippen LogP contribution in [-0.2, 0) is 18.3 Å². The molecular weight excluding hydrogens is 748 g/mol. The summed E-state index contributed by atoms with van der Waals surface area (Å²) in [6.45, 7) is 4.55. The Balaban J connectivity index is 1.000. The summed E-state index contributed by atoms with van der Waals surface area (Å²) in [6.07, 6.45) is 3.75. The summed E-state index contributed by atoms with van der Waals surface area (Å²) >= 11 is 6.49. The number of nitrogens with zero attached hydrogens (tertiary/aromatic N) is 2. The normalized spacial score (nSPS) is 15.4. The Morgan fingerprint density at radius 3 is 2.30 bits per heavy atom. The van der Waals surface area contributed by atoms with E-state index in [4.69, 9.17) is 21.1 Å². The highest BCUT2D eigenvalue weighted by molar-refractivity contribution is 6.33. The van der Waals surface area contributed by atoms with Gasteiger partial charge in [-0.25, -0.2) is 22.5 Å². The van der Waals surface area contributed by atoms with Crippen molar-refractivity contribution in [1.29, 1.82) is 0 Å². The fourth-order valence-electron chi connectivity index (χ4n) is 7.14. The van der Waals surface area contributed by atoms with Gasteiger partial charge in [0.1, 0.15) is 51.7 Å². The van der Waals surface area contributed by atoms with Crippen molar-refractivity contribution in [1.82, 2.24) is 9.97 Å². The smallest absolute Gasteiger partial charge is 0.262 e. The summed E-state index contributed by atoms with van der Waals surface area (Å²) in [5, 5.41) is 5.47. The fourth-order valence-corrected chi connectivity index (χ4v) is 7.42. The number of nitrogens with one attached hydrogen (secondary N) is 2. The van der Waals surface area contributed by atoms with E-state index in [1.54, 1.807) is 18.2 Å². The van der Waals surface area contributed by atoms with Gasteiger partial charge in [-0.2, -0.15) is 0 Å². The number of hydrogen-bond donors (Lipinski definition) is 2. The third-order valence-corrected chi connectivity index (χ3v) is 10.4. The van der Waals surface area contributed by atoms with Crippen LogP contribution in [0.5, 0.6) is 11.5 Å². The number of carbonyl (C=O) groups excluding carboxylic acids is 2. The molecule has 8 nitrogen and oxygen atoms in total. The van der Waals surface area contributed by atoms with Gasteiger partial charge in [-0.1, -0.05) is 30.7 Å². The quantitative estimate of drug-likeness (QED) is 0.149. The Bertz CT molecular complexity index is 2550. The number of carbonyl (C=O) groups is 2. The molecule has 2 amide bonds. The second kappa shape index (κ2) is 14.4.